The Balaban J connectivity index is 1.63. The first-order valence-electron chi connectivity index (χ1n) is 8.99. The lowest BCUT2D eigenvalue weighted by Gasteiger charge is -2.05. The number of thiazole rings is 1. The molecule has 0 aliphatic carbocycles. The van der Waals surface area contributed by atoms with Gasteiger partial charge in [0.25, 0.3) is 11.6 Å². The first-order chi connectivity index (χ1) is 14.3. The van der Waals surface area contributed by atoms with Crippen molar-refractivity contribution in [2.45, 2.75) is 13.8 Å². The van der Waals surface area contributed by atoms with Crippen LogP contribution in [0, 0.1) is 17.0 Å². The number of ketones is 1. The highest BCUT2D eigenvalue weighted by molar-refractivity contribution is 7.19. The zero-order valence-electron chi connectivity index (χ0n) is 16.1. The number of imidazole rings is 1. The van der Waals surface area contributed by atoms with Gasteiger partial charge in [0.1, 0.15) is 4.88 Å². The van der Waals surface area contributed by atoms with E-state index in [1.54, 1.807) is 47.0 Å². The minimum Gasteiger partial charge on any atom is -0.321 e. The van der Waals surface area contributed by atoms with Gasteiger partial charge in [0.2, 0.25) is 0 Å². The van der Waals surface area contributed by atoms with E-state index < -0.39 is 4.92 Å². The molecule has 2 aromatic carbocycles. The minimum absolute atomic E-state index is 0.00608. The van der Waals surface area contributed by atoms with Crippen LogP contribution >= 0.6 is 11.3 Å². The number of fused-ring (bicyclic) bond motifs is 1. The van der Waals surface area contributed by atoms with Crippen molar-refractivity contribution in [3.05, 3.63) is 81.0 Å². The van der Waals surface area contributed by atoms with Crippen LogP contribution < -0.4 is 5.32 Å². The summed E-state index contributed by atoms with van der Waals surface area (Å²) in [5, 5.41) is 13.8. The number of anilines is 1. The summed E-state index contributed by atoms with van der Waals surface area (Å²) >= 11 is 1.23. The van der Waals surface area contributed by atoms with Crippen LogP contribution in [0.1, 0.15) is 32.6 Å². The van der Waals surface area contributed by atoms with E-state index in [1.165, 1.54) is 30.4 Å². The summed E-state index contributed by atoms with van der Waals surface area (Å²) < 4.78 is 1.79. The number of aryl methyl sites for hydroxylation is 1. The van der Waals surface area contributed by atoms with Crippen LogP contribution in [0.5, 0.6) is 0 Å². The van der Waals surface area contributed by atoms with Gasteiger partial charge in [0.05, 0.1) is 10.6 Å². The molecule has 0 unspecified atom stereocenters. The maximum atomic E-state index is 12.8. The molecule has 8 nitrogen and oxygen atoms in total. The fourth-order valence-corrected chi connectivity index (χ4v) is 4.09. The summed E-state index contributed by atoms with van der Waals surface area (Å²) in [7, 11) is 0. The van der Waals surface area contributed by atoms with Gasteiger partial charge in [0.15, 0.2) is 10.7 Å². The van der Waals surface area contributed by atoms with Gasteiger partial charge < -0.3 is 5.32 Å². The molecule has 0 saturated heterocycles. The highest BCUT2D eigenvalue weighted by atomic mass is 32.1. The van der Waals surface area contributed by atoms with E-state index >= 15 is 0 Å². The summed E-state index contributed by atoms with van der Waals surface area (Å²) in [5.74, 6) is -0.369. The number of hydrogen-bond donors (Lipinski definition) is 1. The van der Waals surface area contributed by atoms with E-state index in [4.69, 9.17) is 0 Å². The molecule has 0 radical (unpaired) electrons. The topological polar surface area (TPSA) is 107 Å². The third kappa shape index (κ3) is 3.58. The number of nitrogens with one attached hydrogen (secondary N) is 1. The van der Waals surface area contributed by atoms with Gasteiger partial charge in [0, 0.05) is 40.8 Å². The second-order valence-corrected chi connectivity index (χ2v) is 7.67. The highest BCUT2D eigenvalue weighted by Gasteiger charge is 2.19. The minimum atomic E-state index is -0.448. The average Bonchev–Trinajstić information content (AvgIpc) is 3.28. The molecule has 2 heterocycles. The fraction of sp³-hybridized carbons (Fsp3) is 0.0952. The Kier molecular flexibility index (Phi) is 4.88. The summed E-state index contributed by atoms with van der Waals surface area (Å²) in [6.07, 6.45) is 1.76. The van der Waals surface area contributed by atoms with Crippen molar-refractivity contribution >= 4 is 39.4 Å². The number of amides is 1. The SMILES string of the molecule is CC(=O)c1cccc(NC(=O)c2sc3nc(-c4cccc([N+](=O)[O-])c4)cn3c2C)c1. The van der Waals surface area contributed by atoms with Crippen molar-refractivity contribution < 1.29 is 14.5 Å². The number of carbonyl (C=O) groups excluding carboxylic acids is 2. The zero-order valence-corrected chi connectivity index (χ0v) is 16.9. The van der Waals surface area contributed by atoms with Gasteiger partial charge in [-0.25, -0.2) is 4.98 Å². The molecule has 0 fully saturated rings. The monoisotopic (exact) mass is 420 g/mol. The number of non-ortho nitro benzene ring substituents is 1. The Morgan fingerprint density at radius 1 is 1.17 bits per heavy atom. The molecule has 1 N–H and O–H groups in total. The number of nitrogens with zero attached hydrogens (tertiary/aromatic N) is 3. The van der Waals surface area contributed by atoms with Gasteiger partial charge in [-0.1, -0.05) is 35.6 Å². The fourth-order valence-electron chi connectivity index (χ4n) is 3.08. The molecule has 0 saturated carbocycles. The number of aromatic nitrogens is 2. The number of rotatable bonds is 5. The average molecular weight is 420 g/mol. The van der Waals surface area contributed by atoms with Crippen molar-refractivity contribution in [3.63, 3.8) is 0 Å². The van der Waals surface area contributed by atoms with Crippen LogP contribution in [-0.2, 0) is 0 Å². The Morgan fingerprint density at radius 2 is 1.93 bits per heavy atom. The normalized spacial score (nSPS) is 10.9. The molecule has 150 valence electrons. The summed E-state index contributed by atoms with van der Waals surface area (Å²) in [4.78, 5) is 40.5. The third-order valence-corrected chi connectivity index (χ3v) is 5.80. The van der Waals surface area contributed by atoms with E-state index in [0.29, 0.717) is 38.0 Å². The standard InChI is InChI=1S/C21H16N4O4S/c1-12-19(20(27)22-16-7-3-5-14(9-16)13(2)26)30-21-23-18(11-24(12)21)15-6-4-8-17(10-15)25(28)29/h3-11H,1-2H3,(H,22,27). The molecule has 0 aliphatic rings. The van der Waals surface area contributed by atoms with E-state index in [-0.39, 0.29) is 17.4 Å². The van der Waals surface area contributed by atoms with Crippen LogP contribution in [0.15, 0.2) is 54.7 Å². The van der Waals surface area contributed by atoms with E-state index in [1.807, 2.05) is 6.92 Å². The molecule has 4 aromatic rings. The van der Waals surface area contributed by atoms with Crippen LogP contribution in [-0.4, -0.2) is 26.0 Å². The summed E-state index contributed by atoms with van der Waals surface area (Å²) in [6, 6.07) is 13.0. The number of carbonyl (C=O) groups is 2. The first kappa shape index (κ1) is 19.5. The molecular weight excluding hydrogens is 404 g/mol. The third-order valence-electron chi connectivity index (χ3n) is 4.64. The zero-order chi connectivity index (χ0) is 21.4. The Labute approximate surface area is 175 Å². The second kappa shape index (κ2) is 7.53. The van der Waals surface area contributed by atoms with E-state index in [2.05, 4.69) is 10.3 Å². The Morgan fingerprint density at radius 3 is 2.63 bits per heavy atom. The van der Waals surface area contributed by atoms with E-state index in [9.17, 15) is 19.7 Å². The molecule has 4 rings (SSSR count). The number of hydrogen-bond acceptors (Lipinski definition) is 6. The van der Waals surface area contributed by atoms with Gasteiger partial charge in [-0.15, -0.1) is 0 Å². The van der Waals surface area contributed by atoms with Crippen LogP contribution in [0.3, 0.4) is 0 Å². The molecule has 0 spiro atoms. The van der Waals surface area contributed by atoms with Crippen molar-refractivity contribution in [1.82, 2.24) is 9.38 Å². The quantitative estimate of drug-likeness (QED) is 0.285. The predicted octanol–water partition coefficient (Wildman–Crippen LogP) is 4.73. The van der Waals surface area contributed by atoms with Crippen molar-refractivity contribution in [3.8, 4) is 11.3 Å². The molecule has 30 heavy (non-hydrogen) atoms. The molecule has 2 aromatic heterocycles. The summed E-state index contributed by atoms with van der Waals surface area (Å²) in [5.41, 5.74) is 2.98. The largest absolute Gasteiger partial charge is 0.321 e. The lowest BCUT2D eigenvalue weighted by Crippen LogP contribution is -2.12. The van der Waals surface area contributed by atoms with Gasteiger partial charge in [-0.3, -0.25) is 24.1 Å². The second-order valence-electron chi connectivity index (χ2n) is 6.69. The molecule has 0 bridgehead atoms. The van der Waals surface area contributed by atoms with Crippen LogP contribution in [0.25, 0.3) is 16.2 Å². The molecule has 9 heteroatoms. The molecule has 0 atom stereocenters. The van der Waals surface area contributed by atoms with E-state index in [0.717, 1.165) is 0 Å². The lowest BCUT2D eigenvalue weighted by molar-refractivity contribution is -0.384. The molecular formula is C21H16N4O4S. The lowest BCUT2D eigenvalue weighted by atomic mass is 10.1. The van der Waals surface area contributed by atoms with Gasteiger partial charge >= 0.3 is 0 Å². The summed E-state index contributed by atoms with van der Waals surface area (Å²) in [6.45, 7) is 3.28. The number of nitro groups is 1. The number of Topliss-reactive ketones (excluding diaryl/α,β-unsaturated/α-hetero) is 1. The number of benzene rings is 2. The van der Waals surface area contributed by atoms with Gasteiger partial charge in [-0.05, 0) is 26.0 Å². The van der Waals surface area contributed by atoms with Crippen LogP contribution in [0.2, 0.25) is 0 Å². The maximum Gasteiger partial charge on any atom is 0.270 e. The Hall–Kier alpha value is -3.85. The van der Waals surface area contributed by atoms with Crippen molar-refractivity contribution in [1.29, 1.82) is 0 Å². The van der Waals surface area contributed by atoms with Crippen molar-refractivity contribution in [2.75, 3.05) is 5.32 Å². The number of nitro benzene ring substituents is 1. The Bertz CT molecular complexity index is 1320. The first-order valence-corrected chi connectivity index (χ1v) is 9.81. The van der Waals surface area contributed by atoms with Crippen LogP contribution in [0.4, 0.5) is 11.4 Å². The maximum absolute atomic E-state index is 12.8. The van der Waals surface area contributed by atoms with Crippen molar-refractivity contribution in [2.24, 2.45) is 0 Å². The van der Waals surface area contributed by atoms with Gasteiger partial charge in [-0.2, -0.15) is 0 Å². The molecule has 0 aliphatic heterocycles. The highest BCUT2D eigenvalue weighted by Crippen LogP contribution is 2.29. The predicted molar refractivity (Wildman–Crippen MR) is 114 cm³/mol. The molecule has 1 amide bonds. The smallest absolute Gasteiger partial charge is 0.270 e.